The van der Waals surface area contributed by atoms with Crippen molar-refractivity contribution < 1.29 is 9.53 Å². The predicted octanol–water partition coefficient (Wildman–Crippen LogP) is 4.26. The van der Waals surface area contributed by atoms with Gasteiger partial charge in [-0.3, -0.25) is 4.98 Å². The standard InChI is InChI=1S/C12H6Cl3NO2/c13-7-4-8(6-16-5-7)18-12(17)9-2-1-3-10(14)11(9)15/h1-6H. The van der Waals surface area contributed by atoms with Crippen LogP contribution in [0.4, 0.5) is 0 Å². The molecule has 2 rings (SSSR count). The smallest absolute Gasteiger partial charge is 0.345 e. The number of rotatable bonds is 2. The number of esters is 1. The summed E-state index contributed by atoms with van der Waals surface area (Å²) in [6.07, 6.45) is 2.81. The quantitative estimate of drug-likeness (QED) is 0.778. The summed E-state index contributed by atoms with van der Waals surface area (Å²) < 4.78 is 5.09. The third-order valence-electron chi connectivity index (χ3n) is 2.06. The summed E-state index contributed by atoms with van der Waals surface area (Å²) in [5, 5.41) is 0.812. The second-order valence-corrected chi connectivity index (χ2v) is 4.55. The van der Waals surface area contributed by atoms with Gasteiger partial charge in [0.15, 0.2) is 5.75 Å². The Morgan fingerprint density at radius 1 is 1.17 bits per heavy atom. The molecule has 18 heavy (non-hydrogen) atoms. The summed E-state index contributed by atoms with van der Waals surface area (Å²) in [7, 11) is 0. The van der Waals surface area contributed by atoms with E-state index in [4.69, 9.17) is 39.5 Å². The van der Waals surface area contributed by atoms with E-state index in [0.717, 1.165) is 0 Å². The Bertz CT molecular complexity index is 602. The van der Waals surface area contributed by atoms with Crippen LogP contribution < -0.4 is 4.74 Å². The molecule has 0 aliphatic carbocycles. The maximum Gasteiger partial charge on any atom is 0.345 e. The molecule has 0 amide bonds. The topological polar surface area (TPSA) is 39.2 Å². The fourth-order valence-corrected chi connectivity index (χ4v) is 1.81. The van der Waals surface area contributed by atoms with Crippen LogP contribution in [0, 0.1) is 0 Å². The number of hydrogen-bond acceptors (Lipinski definition) is 3. The largest absolute Gasteiger partial charge is 0.421 e. The second-order valence-electron chi connectivity index (χ2n) is 3.33. The third-order valence-corrected chi connectivity index (χ3v) is 3.09. The molecule has 3 nitrogen and oxygen atoms in total. The Balaban J connectivity index is 2.25. The normalized spacial score (nSPS) is 10.2. The zero-order valence-corrected chi connectivity index (χ0v) is 11.1. The predicted molar refractivity (Wildman–Crippen MR) is 70.7 cm³/mol. The molecule has 0 unspecified atom stereocenters. The Morgan fingerprint density at radius 3 is 2.67 bits per heavy atom. The van der Waals surface area contributed by atoms with Gasteiger partial charge in [-0.2, -0.15) is 0 Å². The lowest BCUT2D eigenvalue weighted by atomic mass is 10.2. The van der Waals surface area contributed by atoms with Gasteiger partial charge in [-0.05, 0) is 12.1 Å². The van der Waals surface area contributed by atoms with Crippen LogP contribution in [0.25, 0.3) is 0 Å². The molecule has 2 aromatic rings. The van der Waals surface area contributed by atoms with Crippen molar-refractivity contribution in [1.82, 2.24) is 4.98 Å². The molecule has 0 spiro atoms. The first-order chi connectivity index (χ1) is 8.58. The van der Waals surface area contributed by atoms with E-state index < -0.39 is 5.97 Å². The molecule has 0 fully saturated rings. The highest BCUT2D eigenvalue weighted by atomic mass is 35.5. The number of carbonyl (C=O) groups is 1. The minimum Gasteiger partial charge on any atom is -0.421 e. The number of hydrogen-bond donors (Lipinski definition) is 0. The Labute approximate surface area is 118 Å². The van der Waals surface area contributed by atoms with Crippen molar-refractivity contribution in [3.63, 3.8) is 0 Å². The van der Waals surface area contributed by atoms with Gasteiger partial charge in [-0.1, -0.05) is 40.9 Å². The zero-order valence-electron chi connectivity index (χ0n) is 8.86. The second kappa shape index (κ2) is 5.57. The van der Waals surface area contributed by atoms with Gasteiger partial charge in [0.05, 0.1) is 26.8 Å². The van der Waals surface area contributed by atoms with E-state index in [2.05, 4.69) is 4.98 Å². The van der Waals surface area contributed by atoms with E-state index in [-0.39, 0.29) is 21.4 Å². The lowest BCUT2D eigenvalue weighted by molar-refractivity contribution is 0.0734. The van der Waals surface area contributed by atoms with Gasteiger partial charge in [0.1, 0.15) is 0 Å². The number of carbonyl (C=O) groups excluding carboxylic acids is 1. The van der Waals surface area contributed by atoms with Crippen molar-refractivity contribution >= 4 is 40.8 Å². The number of halogens is 3. The summed E-state index contributed by atoms with van der Waals surface area (Å²) in [6.45, 7) is 0. The van der Waals surface area contributed by atoms with Crippen LogP contribution in [-0.2, 0) is 0 Å². The molecule has 0 bridgehead atoms. The zero-order chi connectivity index (χ0) is 13.1. The van der Waals surface area contributed by atoms with Crippen LogP contribution in [0.1, 0.15) is 10.4 Å². The minimum absolute atomic E-state index is 0.152. The van der Waals surface area contributed by atoms with E-state index in [1.165, 1.54) is 24.5 Å². The van der Waals surface area contributed by atoms with Crippen molar-refractivity contribution in [2.45, 2.75) is 0 Å². The van der Waals surface area contributed by atoms with E-state index in [1.54, 1.807) is 12.1 Å². The van der Waals surface area contributed by atoms with E-state index in [9.17, 15) is 4.79 Å². The maximum atomic E-state index is 11.9. The monoisotopic (exact) mass is 301 g/mol. The van der Waals surface area contributed by atoms with E-state index in [1.807, 2.05) is 0 Å². The molecule has 0 aliphatic rings. The molecule has 92 valence electrons. The van der Waals surface area contributed by atoms with Crippen molar-refractivity contribution in [2.75, 3.05) is 0 Å². The molecule has 1 aromatic heterocycles. The number of pyridine rings is 1. The summed E-state index contributed by atoms with van der Waals surface area (Å²) >= 11 is 17.5. The van der Waals surface area contributed by atoms with Gasteiger partial charge in [0, 0.05) is 12.3 Å². The Hall–Kier alpha value is -1.29. The molecule has 0 saturated heterocycles. The lowest BCUT2D eigenvalue weighted by Gasteiger charge is -2.06. The summed E-state index contributed by atoms with van der Waals surface area (Å²) in [5.41, 5.74) is 0.184. The van der Waals surface area contributed by atoms with Gasteiger partial charge in [-0.25, -0.2) is 4.79 Å². The van der Waals surface area contributed by atoms with E-state index in [0.29, 0.717) is 5.02 Å². The van der Waals surface area contributed by atoms with Crippen LogP contribution in [0.15, 0.2) is 36.7 Å². The van der Waals surface area contributed by atoms with Gasteiger partial charge in [0.2, 0.25) is 0 Å². The lowest BCUT2D eigenvalue weighted by Crippen LogP contribution is -2.09. The number of aromatic nitrogens is 1. The molecule has 0 saturated carbocycles. The average Bonchev–Trinajstić information content (AvgIpc) is 2.32. The van der Waals surface area contributed by atoms with Crippen LogP contribution in [0.3, 0.4) is 0 Å². The molecular weight excluding hydrogens is 296 g/mol. The van der Waals surface area contributed by atoms with Crippen molar-refractivity contribution in [3.05, 3.63) is 57.3 Å². The highest BCUT2D eigenvalue weighted by Gasteiger charge is 2.15. The maximum absolute atomic E-state index is 11.9. The Kier molecular flexibility index (Phi) is 4.07. The van der Waals surface area contributed by atoms with Gasteiger partial charge < -0.3 is 4.74 Å². The summed E-state index contributed by atoms with van der Waals surface area (Å²) in [4.78, 5) is 15.7. The fourth-order valence-electron chi connectivity index (χ4n) is 1.27. The molecule has 1 heterocycles. The highest BCUT2D eigenvalue weighted by molar-refractivity contribution is 6.43. The van der Waals surface area contributed by atoms with E-state index >= 15 is 0 Å². The average molecular weight is 303 g/mol. The Morgan fingerprint density at radius 2 is 1.94 bits per heavy atom. The molecule has 0 aliphatic heterocycles. The molecule has 6 heteroatoms. The first-order valence-electron chi connectivity index (χ1n) is 4.84. The molecule has 0 atom stereocenters. The molecule has 1 aromatic carbocycles. The van der Waals surface area contributed by atoms with Crippen molar-refractivity contribution in [3.8, 4) is 5.75 Å². The third kappa shape index (κ3) is 2.93. The molecular formula is C12H6Cl3NO2. The molecule has 0 N–H and O–H groups in total. The SMILES string of the molecule is O=C(Oc1cncc(Cl)c1)c1cccc(Cl)c1Cl. The van der Waals surface area contributed by atoms with Gasteiger partial charge >= 0.3 is 5.97 Å². The molecule has 0 radical (unpaired) electrons. The van der Waals surface area contributed by atoms with Gasteiger partial charge in [-0.15, -0.1) is 0 Å². The summed E-state index contributed by atoms with van der Waals surface area (Å²) in [6, 6.07) is 6.20. The number of nitrogens with zero attached hydrogens (tertiary/aromatic N) is 1. The highest BCUT2D eigenvalue weighted by Crippen LogP contribution is 2.26. The number of benzene rings is 1. The van der Waals surface area contributed by atoms with Crippen molar-refractivity contribution in [2.24, 2.45) is 0 Å². The summed E-state index contributed by atoms with van der Waals surface area (Å²) in [5.74, 6) is -0.380. The first-order valence-corrected chi connectivity index (χ1v) is 5.98. The number of ether oxygens (including phenoxy) is 1. The van der Waals surface area contributed by atoms with Crippen LogP contribution >= 0.6 is 34.8 Å². The van der Waals surface area contributed by atoms with Crippen LogP contribution in [0.5, 0.6) is 5.75 Å². The van der Waals surface area contributed by atoms with Crippen molar-refractivity contribution in [1.29, 1.82) is 0 Å². The van der Waals surface area contributed by atoms with Gasteiger partial charge in [0.25, 0.3) is 0 Å². The van der Waals surface area contributed by atoms with Crippen LogP contribution in [-0.4, -0.2) is 11.0 Å². The fraction of sp³-hybridized carbons (Fsp3) is 0. The minimum atomic E-state index is -0.619. The first kappa shape index (κ1) is 13.1. The van der Waals surface area contributed by atoms with Crippen LogP contribution in [0.2, 0.25) is 15.1 Å².